The van der Waals surface area contributed by atoms with Gasteiger partial charge in [-0.05, 0) is 11.8 Å². The topological polar surface area (TPSA) is 38.3 Å². The molecule has 1 amide bonds. The SMILES string of the molecule is CCCCNC(=O)COCC(C)(C)C. The van der Waals surface area contributed by atoms with Gasteiger partial charge in [-0.1, -0.05) is 34.1 Å². The van der Waals surface area contributed by atoms with Gasteiger partial charge in [0, 0.05) is 6.54 Å². The van der Waals surface area contributed by atoms with Crippen LogP contribution < -0.4 is 5.32 Å². The van der Waals surface area contributed by atoms with Crippen molar-refractivity contribution in [1.29, 1.82) is 0 Å². The van der Waals surface area contributed by atoms with Crippen LogP contribution in [0.1, 0.15) is 40.5 Å². The van der Waals surface area contributed by atoms with Gasteiger partial charge in [-0.2, -0.15) is 0 Å². The Hall–Kier alpha value is -0.570. The van der Waals surface area contributed by atoms with Gasteiger partial charge in [-0.3, -0.25) is 4.79 Å². The Bertz CT molecular complexity index is 161. The second-order valence-corrected chi connectivity index (χ2v) is 4.76. The maximum atomic E-state index is 11.2. The summed E-state index contributed by atoms with van der Waals surface area (Å²) < 4.78 is 5.28. The minimum absolute atomic E-state index is 0.0114. The van der Waals surface area contributed by atoms with Gasteiger partial charge in [0.15, 0.2) is 0 Å². The number of ether oxygens (including phenoxy) is 1. The highest BCUT2D eigenvalue weighted by Crippen LogP contribution is 2.12. The molecule has 0 bridgehead atoms. The van der Waals surface area contributed by atoms with Crippen molar-refractivity contribution in [3.63, 3.8) is 0 Å². The van der Waals surface area contributed by atoms with E-state index in [1.54, 1.807) is 0 Å². The van der Waals surface area contributed by atoms with Crippen LogP contribution in [0.2, 0.25) is 0 Å². The average molecular weight is 201 g/mol. The molecule has 0 fully saturated rings. The van der Waals surface area contributed by atoms with Gasteiger partial charge in [-0.25, -0.2) is 0 Å². The van der Waals surface area contributed by atoms with Crippen molar-refractivity contribution >= 4 is 5.91 Å². The van der Waals surface area contributed by atoms with Crippen molar-refractivity contribution in [1.82, 2.24) is 5.32 Å². The number of nitrogens with one attached hydrogen (secondary N) is 1. The fourth-order valence-electron chi connectivity index (χ4n) is 0.906. The number of amides is 1. The Kier molecular flexibility index (Phi) is 6.54. The summed E-state index contributed by atoms with van der Waals surface area (Å²) in [6, 6.07) is 0. The molecule has 0 unspecified atom stereocenters. The van der Waals surface area contributed by atoms with E-state index in [0.29, 0.717) is 6.61 Å². The van der Waals surface area contributed by atoms with Crippen molar-refractivity contribution in [3.8, 4) is 0 Å². The predicted molar refractivity (Wildman–Crippen MR) is 58.2 cm³/mol. The molecule has 0 aromatic carbocycles. The van der Waals surface area contributed by atoms with Gasteiger partial charge in [0.1, 0.15) is 6.61 Å². The van der Waals surface area contributed by atoms with Crippen LogP contribution >= 0.6 is 0 Å². The molecule has 0 aliphatic heterocycles. The molecule has 84 valence electrons. The summed E-state index contributed by atoms with van der Waals surface area (Å²) in [4.78, 5) is 11.2. The van der Waals surface area contributed by atoms with Crippen molar-refractivity contribution in [2.24, 2.45) is 5.41 Å². The number of rotatable bonds is 6. The van der Waals surface area contributed by atoms with Crippen molar-refractivity contribution in [3.05, 3.63) is 0 Å². The minimum Gasteiger partial charge on any atom is -0.371 e. The molecule has 0 aromatic heterocycles. The molecule has 0 radical (unpaired) electrons. The maximum Gasteiger partial charge on any atom is 0.245 e. The highest BCUT2D eigenvalue weighted by Gasteiger charge is 2.11. The third-order valence-corrected chi connectivity index (χ3v) is 1.62. The van der Waals surface area contributed by atoms with E-state index < -0.39 is 0 Å². The molecule has 3 heteroatoms. The van der Waals surface area contributed by atoms with Crippen molar-refractivity contribution in [2.45, 2.75) is 40.5 Å². The number of carbonyl (C=O) groups excluding carboxylic acids is 1. The zero-order valence-electron chi connectivity index (χ0n) is 9.85. The van der Waals surface area contributed by atoms with Crippen LogP contribution in [-0.2, 0) is 9.53 Å². The fraction of sp³-hybridized carbons (Fsp3) is 0.909. The van der Waals surface area contributed by atoms with E-state index >= 15 is 0 Å². The van der Waals surface area contributed by atoms with E-state index in [0.717, 1.165) is 19.4 Å². The lowest BCUT2D eigenvalue weighted by atomic mass is 9.99. The summed E-state index contributed by atoms with van der Waals surface area (Å²) >= 11 is 0. The summed E-state index contributed by atoms with van der Waals surface area (Å²) in [5.74, 6) is -0.0114. The second-order valence-electron chi connectivity index (χ2n) is 4.76. The van der Waals surface area contributed by atoms with Gasteiger partial charge in [0.25, 0.3) is 0 Å². The monoisotopic (exact) mass is 201 g/mol. The van der Waals surface area contributed by atoms with Gasteiger partial charge in [0.05, 0.1) is 6.61 Å². The Balaban J connectivity index is 3.36. The first-order valence-corrected chi connectivity index (χ1v) is 5.30. The molecule has 0 saturated carbocycles. The first kappa shape index (κ1) is 13.4. The highest BCUT2D eigenvalue weighted by atomic mass is 16.5. The van der Waals surface area contributed by atoms with Crippen molar-refractivity contribution in [2.75, 3.05) is 19.8 Å². The molecule has 0 heterocycles. The molecule has 3 nitrogen and oxygen atoms in total. The normalized spacial score (nSPS) is 11.4. The molecule has 0 aliphatic rings. The van der Waals surface area contributed by atoms with E-state index in [-0.39, 0.29) is 17.9 Å². The number of hydrogen-bond donors (Lipinski definition) is 1. The highest BCUT2D eigenvalue weighted by molar-refractivity contribution is 5.77. The lowest BCUT2D eigenvalue weighted by Gasteiger charge is -2.17. The molecule has 0 atom stereocenters. The first-order chi connectivity index (χ1) is 6.45. The minimum atomic E-state index is -0.0114. The molecule has 0 aromatic rings. The standard InChI is InChI=1S/C11H23NO2/c1-5-6-7-12-10(13)8-14-9-11(2,3)4/h5-9H2,1-4H3,(H,12,13). The van der Waals surface area contributed by atoms with Crippen LogP contribution in [0.15, 0.2) is 0 Å². The molecule has 0 spiro atoms. The third-order valence-electron chi connectivity index (χ3n) is 1.62. The van der Waals surface area contributed by atoms with Crippen LogP contribution in [0.5, 0.6) is 0 Å². The number of unbranched alkanes of at least 4 members (excludes halogenated alkanes) is 1. The van der Waals surface area contributed by atoms with E-state index in [9.17, 15) is 4.79 Å². The van der Waals surface area contributed by atoms with Crippen LogP contribution in [0.3, 0.4) is 0 Å². The van der Waals surface area contributed by atoms with E-state index in [2.05, 4.69) is 33.0 Å². The first-order valence-electron chi connectivity index (χ1n) is 5.30. The van der Waals surface area contributed by atoms with E-state index in [1.165, 1.54) is 0 Å². The molecule has 0 saturated heterocycles. The summed E-state index contributed by atoms with van der Waals surface area (Å²) in [7, 11) is 0. The molecule has 0 aliphatic carbocycles. The molecular formula is C11H23NO2. The van der Waals surface area contributed by atoms with Crippen LogP contribution in [0, 0.1) is 5.41 Å². The van der Waals surface area contributed by atoms with E-state index in [1.807, 2.05) is 0 Å². The summed E-state index contributed by atoms with van der Waals surface area (Å²) in [6.07, 6.45) is 2.13. The van der Waals surface area contributed by atoms with Crippen LogP contribution in [-0.4, -0.2) is 25.7 Å². The van der Waals surface area contributed by atoms with Crippen LogP contribution in [0.25, 0.3) is 0 Å². The Morgan fingerprint density at radius 3 is 2.50 bits per heavy atom. The Morgan fingerprint density at radius 1 is 1.36 bits per heavy atom. The maximum absolute atomic E-state index is 11.2. The largest absolute Gasteiger partial charge is 0.371 e. The Morgan fingerprint density at radius 2 is 2.00 bits per heavy atom. The van der Waals surface area contributed by atoms with Gasteiger partial charge < -0.3 is 10.1 Å². The van der Waals surface area contributed by atoms with E-state index in [4.69, 9.17) is 4.74 Å². The van der Waals surface area contributed by atoms with Gasteiger partial charge >= 0.3 is 0 Å². The molecule has 14 heavy (non-hydrogen) atoms. The van der Waals surface area contributed by atoms with Crippen LogP contribution in [0.4, 0.5) is 0 Å². The molecular weight excluding hydrogens is 178 g/mol. The number of carbonyl (C=O) groups is 1. The lowest BCUT2D eigenvalue weighted by Crippen LogP contribution is -2.30. The fourth-order valence-corrected chi connectivity index (χ4v) is 0.906. The summed E-state index contributed by atoms with van der Waals surface area (Å²) in [5, 5.41) is 2.81. The summed E-state index contributed by atoms with van der Waals surface area (Å²) in [5.41, 5.74) is 0.129. The molecule has 1 N–H and O–H groups in total. The Labute approximate surface area is 87.2 Å². The number of hydrogen-bond acceptors (Lipinski definition) is 2. The van der Waals surface area contributed by atoms with Gasteiger partial charge in [0.2, 0.25) is 5.91 Å². The average Bonchev–Trinajstić information content (AvgIpc) is 2.02. The van der Waals surface area contributed by atoms with Crippen molar-refractivity contribution < 1.29 is 9.53 Å². The molecule has 0 rings (SSSR count). The lowest BCUT2D eigenvalue weighted by molar-refractivity contribution is -0.126. The quantitative estimate of drug-likeness (QED) is 0.667. The summed E-state index contributed by atoms with van der Waals surface area (Å²) in [6.45, 7) is 9.91. The van der Waals surface area contributed by atoms with Gasteiger partial charge in [-0.15, -0.1) is 0 Å². The third kappa shape index (κ3) is 9.52. The predicted octanol–water partition coefficient (Wildman–Crippen LogP) is 1.97. The zero-order chi connectivity index (χ0) is 11.0. The second kappa shape index (κ2) is 6.82. The smallest absolute Gasteiger partial charge is 0.245 e. The zero-order valence-corrected chi connectivity index (χ0v) is 9.85.